The molecule has 0 bridgehead atoms. The zero-order valence-electron chi connectivity index (χ0n) is 12.4. The molecule has 5 heteroatoms. The van der Waals surface area contributed by atoms with Crippen molar-refractivity contribution in [2.75, 3.05) is 6.26 Å². The summed E-state index contributed by atoms with van der Waals surface area (Å²) in [4.78, 5) is 0.326. The van der Waals surface area contributed by atoms with Crippen LogP contribution in [0, 0.1) is 5.41 Å². The predicted octanol–water partition coefficient (Wildman–Crippen LogP) is 2.52. The summed E-state index contributed by atoms with van der Waals surface area (Å²) >= 11 is 0. The topological polar surface area (TPSA) is 69.4 Å². The number of ether oxygens (including phenoxy) is 1. The third kappa shape index (κ3) is 2.69. The molecule has 2 saturated carbocycles. The summed E-state index contributed by atoms with van der Waals surface area (Å²) in [7, 11) is -3.15. The minimum atomic E-state index is -3.15. The minimum Gasteiger partial charge on any atom is -0.490 e. The highest BCUT2D eigenvalue weighted by Gasteiger charge is 2.54. The Hall–Kier alpha value is -1.07. The van der Waals surface area contributed by atoms with Gasteiger partial charge in [-0.2, -0.15) is 0 Å². The van der Waals surface area contributed by atoms with Crippen LogP contribution in [-0.4, -0.2) is 26.8 Å². The van der Waals surface area contributed by atoms with E-state index in [4.69, 9.17) is 10.5 Å². The van der Waals surface area contributed by atoms with E-state index >= 15 is 0 Å². The van der Waals surface area contributed by atoms with Gasteiger partial charge in [0.1, 0.15) is 11.9 Å². The van der Waals surface area contributed by atoms with Crippen molar-refractivity contribution in [1.82, 2.24) is 0 Å². The largest absolute Gasteiger partial charge is 0.490 e. The van der Waals surface area contributed by atoms with Crippen LogP contribution in [0.5, 0.6) is 5.75 Å². The molecule has 2 aliphatic rings. The highest BCUT2D eigenvalue weighted by atomic mass is 32.2. The van der Waals surface area contributed by atoms with Crippen molar-refractivity contribution in [2.45, 2.75) is 55.6 Å². The highest BCUT2D eigenvalue weighted by molar-refractivity contribution is 7.90. The maximum absolute atomic E-state index is 11.5. The summed E-state index contributed by atoms with van der Waals surface area (Å²) in [5.74, 6) is 0.740. The molecule has 2 N–H and O–H groups in total. The fraction of sp³-hybridized carbons (Fsp3) is 0.625. The van der Waals surface area contributed by atoms with Crippen LogP contribution in [0.3, 0.4) is 0 Å². The van der Waals surface area contributed by atoms with Gasteiger partial charge in [-0.3, -0.25) is 0 Å². The predicted molar refractivity (Wildman–Crippen MR) is 82.1 cm³/mol. The van der Waals surface area contributed by atoms with Gasteiger partial charge in [-0.1, -0.05) is 19.3 Å². The van der Waals surface area contributed by atoms with Crippen molar-refractivity contribution in [3.05, 3.63) is 24.3 Å². The van der Waals surface area contributed by atoms with E-state index in [0.29, 0.717) is 4.90 Å². The second kappa shape index (κ2) is 5.29. The molecule has 0 radical (unpaired) electrons. The zero-order chi connectivity index (χ0) is 15.1. The molecule has 4 nitrogen and oxygen atoms in total. The molecule has 0 saturated heterocycles. The summed E-state index contributed by atoms with van der Waals surface area (Å²) in [5.41, 5.74) is 6.40. The molecule has 2 aliphatic carbocycles. The number of benzene rings is 1. The molecule has 0 heterocycles. The van der Waals surface area contributed by atoms with Crippen LogP contribution >= 0.6 is 0 Å². The van der Waals surface area contributed by atoms with Crippen LogP contribution in [0.15, 0.2) is 29.2 Å². The van der Waals surface area contributed by atoms with Gasteiger partial charge >= 0.3 is 0 Å². The van der Waals surface area contributed by atoms with Crippen molar-refractivity contribution < 1.29 is 13.2 Å². The van der Waals surface area contributed by atoms with Crippen molar-refractivity contribution in [3.8, 4) is 5.75 Å². The van der Waals surface area contributed by atoms with E-state index in [9.17, 15) is 8.42 Å². The molecule has 2 fully saturated rings. The molecule has 116 valence electrons. The van der Waals surface area contributed by atoms with Gasteiger partial charge in [0.05, 0.1) is 4.90 Å². The Morgan fingerprint density at radius 1 is 1.14 bits per heavy atom. The lowest BCUT2D eigenvalue weighted by molar-refractivity contribution is -0.0898. The lowest BCUT2D eigenvalue weighted by Crippen LogP contribution is -2.64. The van der Waals surface area contributed by atoms with E-state index < -0.39 is 9.84 Å². The molecule has 2 atom stereocenters. The SMILES string of the molecule is CS(=O)(=O)c1ccc(OC2CC(N)C23CCCCC3)cc1. The Morgan fingerprint density at radius 2 is 1.76 bits per heavy atom. The normalized spacial score (nSPS) is 28.1. The summed E-state index contributed by atoms with van der Waals surface area (Å²) in [6, 6.07) is 6.96. The van der Waals surface area contributed by atoms with Gasteiger partial charge in [-0.15, -0.1) is 0 Å². The van der Waals surface area contributed by atoms with Crippen molar-refractivity contribution in [1.29, 1.82) is 0 Å². The van der Waals surface area contributed by atoms with E-state index in [1.807, 2.05) is 0 Å². The molecule has 21 heavy (non-hydrogen) atoms. The Labute approximate surface area is 126 Å². The highest BCUT2D eigenvalue weighted by Crippen LogP contribution is 2.52. The van der Waals surface area contributed by atoms with Crippen LogP contribution in [-0.2, 0) is 9.84 Å². The van der Waals surface area contributed by atoms with Gasteiger partial charge in [-0.05, 0) is 37.1 Å². The molecule has 2 unspecified atom stereocenters. The van der Waals surface area contributed by atoms with Gasteiger partial charge in [0.15, 0.2) is 9.84 Å². The number of rotatable bonds is 3. The molecule has 0 aliphatic heterocycles. The van der Waals surface area contributed by atoms with Crippen LogP contribution in [0.2, 0.25) is 0 Å². The molecular weight excluding hydrogens is 286 g/mol. The third-order valence-electron chi connectivity index (χ3n) is 5.16. The molecule has 1 aromatic rings. The molecule has 1 aromatic carbocycles. The first-order valence-electron chi connectivity index (χ1n) is 7.64. The number of nitrogens with two attached hydrogens (primary N) is 1. The Balaban J connectivity index is 1.72. The molecule has 1 spiro atoms. The summed E-state index contributed by atoms with van der Waals surface area (Å²) < 4.78 is 29.0. The van der Waals surface area contributed by atoms with E-state index in [0.717, 1.165) is 25.0 Å². The first-order chi connectivity index (χ1) is 9.92. The minimum absolute atomic E-state index is 0.147. The van der Waals surface area contributed by atoms with Gasteiger partial charge < -0.3 is 10.5 Å². The molecule has 3 rings (SSSR count). The Kier molecular flexibility index (Phi) is 3.74. The summed E-state index contributed by atoms with van der Waals surface area (Å²) in [6.45, 7) is 0. The third-order valence-corrected chi connectivity index (χ3v) is 6.29. The van der Waals surface area contributed by atoms with Crippen LogP contribution < -0.4 is 10.5 Å². The first kappa shape index (κ1) is 14.9. The number of sulfone groups is 1. The molecule has 0 amide bonds. The van der Waals surface area contributed by atoms with Gasteiger partial charge in [-0.25, -0.2) is 8.42 Å². The lowest BCUT2D eigenvalue weighted by atomic mass is 9.55. The van der Waals surface area contributed by atoms with E-state index in [2.05, 4.69) is 0 Å². The van der Waals surface area contributed by atoms with Gasteiger partial charge in [0, 0.05) is 24.1 Å². The lowest BCUT2D eigenvalue weighted by Gasteiger charge is -2.56. The zero-order valence-corrected chi connectivity index (χ0v) is 13.2. The van der Waals surface area contributed by atoms with E-state index in [-0.39, 0.29) is 17.6 Å². The maximum Gasteiger partial charge on any atom is 0.175 e. The summed E-state index contributed by atoms with van der Waals surface area (Å²) in [6.07, 6.45) is 8.36. The van der Waals surface area contributed by atoms with Gasteiger partial charge in [0.25, 0.3) is 0 Å². The Morgan fingerprint density at radius 3 is 2.29 bits per heavy atom. The van der Waals surface area contributed by atoms with Crippen molar-refractivity contribution >= 4 is 9.84 Å². The van der Waals surface area contributed by atoms with E-state index in [1.165, 1.54) is 25.5 Å². The van der Waals surface area contributed by atoms with Crippen LogP contribution in [0.4, 0.5) is 0 Å². The molecular formula is C16H23NO3S. The van der Waals surface area contributed by atoms with Crippen molar-refractivity contribution in [2.24, 2.45) is 11.1 Å². The second-order valence-corrected chi connectivity index (χ2v) is 8.50. The fourth-order valence-electron chi connectivity index (χ4n) is 3.78. The average Bonchev–Trinajstić information content (AvgIpc) is 2.47. The maximum atomic E-state index is 11.5. The van der Waals surface area contributed by atoms with Gasteiger partial charge in [0.2, 0.25) is 0 Å². The van der Waals surface area contributed by atoms with E-state index in [1.54, 1.807) is 24.3 Å². The number of hydrogen-bond acceptors (Lipinski definition) is 4. The summed E-state index contributed by atoms with van der Waals surface area (Å²) in [5, 5.41) is 0. The second-order valence-electron chi connectivity index (χ2n) is 6.49. The quantitative estimate of drug-likeness (QED) is 0.931. The van der Waals surface area contributed by atoms with Crippen LogP contribution in [0.1, 0.15) is 38.5 Å². The van der Waals surface area contributed by atoms with Crippen LogP contribution in [0.25, 0.3) is 0 Å². The average molecular weight is 309 g/mol. The smallest absolute Gasteiger partial charge is 0.175 e. The monoisotopic (exact) mass is 309 g/mol. The number of hydrogen-bond donors (Lipinski definition) is 1. The standard InChI is InChI=1S/C16H23NO3S/c1-21(18,19)13-7-5-12(6-8-13)20-15-11-14(17)16(15)9-3-2-4-10-16/h5-8,14-15H,2-4,9-11,17H2,1H3. The van der Waals surface area contributed by atoms with Crippen molar-refractivity contribution in [3.63, 3.8) is 0 Å². The first-order valence-corrected chi connectivity index (χ1v) is 9.53. The molecule has 0 aromatic heterocycles. The fourth-order valence-corrected chi connectivity index (χ4v) is 4.41. The Bertz CT molecular complexity index is 603.